The summed E-state index contributed by atoms with van der Waals surface area (Å²) in [6.45, 7) is 3.60. The summed E-state index contributed by atoms with van der Waals surface area (Å²) < 4.78 is 13.9. The van der Waals surface area contributed by atoms with Gasteiger partial charge in [0.1, 0.15) is 12.5 Å². The standard InChI is InChI=1S/C16H25FN4OS/c1-4-15(23-3)16(22)20(2)10-14-5-13(17)9-21(14)8-12-6-18-11-19-7-12/h6-7,11,13-15H,4-5,8-10H2,1-3H3/t13-,14-,15+/m0/s1. The predicted octanol–water partition coefficient (Wildman–Crippen LogP) is 1.99. The third-order valence-electron chi connectivity index (χ3n) is 4.27. The number of alkyl halides is 1. The van der Waals surface area contributed by atoms with E-state index < -0.39 is 6.17 Å². The van der Waals surface area contributed by atoms with Crippen LogP contribution >= 0.6 is 11.8 Å². The minimum absolute atomic E-state index is 0.0152. The molecule has 0 aliphatic carbocycles. The zero-order valence-electron chi connectivity index (χ0n) is 14.0. The van der Waals surface area contributed by atoms with Gasteiger partial charge in [-0.05, 0) is 19.1 Å². The Labute approximate surface area is 141 Å². The van der Waals surface area contributed by atoms with Crippen molar-refractivity contribution in [2.45, 2.75) is 43.8 Å². The van der Waals surface area contributed by atoms with Crippen LogP contribution in [0.5, 0.6) is 0 Å². The maximum Gasteiger partial charge on any atom is 0.235 e. The smallest absolute Gasteiger partial charge is 0.235 e. The van der Waals surface area contributed by atoms with Crippen LogP contribution in [0.4, 0.5) is 4.39 Å². The van der Waals surface area contributed by atoms with Gasteiger partial charge in [-0.25, -0.2) is 14.4 Å². The lowest BCUT2D eigenvalue weighted by Crippen LogP contribution is -2.43. The molecule has 0 bridgehead atoms. The molecule has 0 spiro atoms. The highest BCUT2D eigenvalue weighted by atomic mass is 32.2. The third-order valence-corrected chi connectivity index (χ3v) is 5.37. The summed E-state index contributed by atoms with van der Waals surface area (Å²) in [5.74, 6) is 0.130. The molecule has 1 aliphatic heterocycles. The second-order valence-corrected chi connectivity index (χ2v) is 7.05. The summed E-state index contributed by atoms with van der Waals surface area (Å²) >= 11 is 1.57. The number of amides is 1. The van der Waals surface area contributed by atoms with Gasteiger partial charge in [0.25, 0.3) is 0 Å². The molecular formula is C16H25FN4OS. The molecule has 2 rings (SSSR count). The third kappa shape index (κ3) is 4.88. The van der Waals surface area contributed by atoms with Crippen LogP contribution in [0.25, 0.3) is 0 Å². The Morgan fingerprint density at radius 3 is 2.83 bits per heavy atom. The van der Waals surface area contributed by atoms with E-state index in [0.29, 0.717) is 26.1 Å². The highest BCUT2D eigenvalue weighted by Crippen LogP contribution is 2.24. The molecule has 5 nitrogen and oxygen atoms in total. The summed E-state index contributed by atoms with van der Waals surface area (Å²) in [5.41, 5.74) is 0.969. The molecular weight excluding hydrogens is 315 g/mol. The van der Waals surface area contributed by atoms with Gasteiger partial charge in [0.05, 0.1) is 5.25 Å². The molecule has 1 aromatic heterocycles. The van der Waals surface area contributed by atoms with Gasteiger partial charge < -0.3 is 4.90 Å². The van der Waals surface area contributed by atoms with Crippen LogP contribution in [-0.2, 0) is 11.3 Å². The first kappa shape index (κ1) is 18.1. The lowest BCUT2D eigenvalue weighted by Gasteiger charge is -2.29. The number of nitrogens with zero attached hydrogens (tertiary/aromatic N) is 4. The average Bonchev–Trinajstić information content (AvgIpc) is 2.88. The van der Waals surface area contributed by atoms with Gasteiger partial charge in [-0.2, -0.15) is 11.8 Å². The molecule has 0 unspecified atom stereocenters. The molecule has 1 amide bonds. The monoisotopic (exact) mass is 340 g/mol. The van der Waals surface area contributed by atoms with Crippen molar-refractivity contribution in [1.29, 1.82) is 0 Å². The number of halogens is 1. The molecule has 0 N–H and O–H groups in total. The zero-order chi connectivity index (χ0) is 16.8. The summed E-state index contributed by atoms with van der Waals surface area (Å²) in [5, 5.41) is -0.0152. The van der Waals surface area contributed by atoms with Crippen molar-refractivity contribution in [2.24, 2.45) is 0 Å². The number of hydrogen-bond acceptors (Lipinski definition) is 5. The Balaban J connectivity index is 1.97. The quantitative estimate of drug-likeness (QED) is 0.760. The van der Waals surface area contributed by atoms with Crippen LogP contribution in [0.15, 0.2) is 18.7 Å². The number of likely N-dealkylation sites (tertiary alicyclic amines) is 1. The van der Waals surface area contributed by atoms with Crippen molar-refractivity contribution in [3.8, 4) is 0 Å². The Kier molecular flexibility index (Phi) is 6.77. The highest BCUT2D eigenvalue weighted by Gasteiger charge is 2.34. The Morgan fingerprint density at radius 2 is 2.22 bits per heavy atom. The molecule has 23 heavy (non-hydrogen) atoms. The van der Waals surface area contributed by atoms with E-state index >= 15 is 0 Å². The molecule has 0 saturated carbocycles. The molecule has 0 radical (unpaired) electrons. The number of rotatable bonds is 7. The van der Waals surface area contributed by atoms with Crippen molar-refractivity contribution < 1.29 is 9.18 Å². The Morgan fingerprint density at radius 1 is 1.52 bits per heavy atom. The topological polar surface area (TPSA) is 49.3 Å². The Hall–Kier alpha value is -1.21. The number of hydrogen-bond donors (Lipinski definition) is 0. The van der Waals surface area contributed by atoms with Gasteiger partial charge in [0.2, 0.25) is 5.91 Å². The maximum atomic E-state index is 13.9. The molecule has 128 valence electrons. The van der Waals surface area contributed by atoms with Crippen LogP contribution in [0, 0.1) is 0 Å². The fraction of sp³-hybridized carbons (Fsp3) is 0.688. The molecule has 1 fully saturated rings. The van der Waals surface area contributed by atoms with Gasteiger partial charge in [0.15, 0.2) is 0 Å². The predicted molar refractivity (Wildman–Crippen MR) is 91.0 cm³/mol. The minimum atomic E-state index is -0.837. The summed E-state index contributed by atoms with van der Waals surface area (Å²) in [4.78, 5) is 24.3. The van der Waals surface area contributed by atoms with Crippen LogP contribution in [0.3, 0.4) is 0 Å². The SMILES string of the molecule is CC[C@@H](SC)C(=O)N(C)C[C@@H]1C[C@H](F)CN1Cc1cncnc1. The fourth-order valence-corrected chi connectivity index (χ4v) is 3.76. The zero-order valence-corrected chi connectivity index (χ0v) is 14.8. The lowest BCUT2D eigenvalue weighted by molar-refractivity contribution is -0.130. The molecule has 1 aliphatic rings. The van der Waals surface area contributed by atoms with Crippen molar-refractivity contribution >= 4 is 17.7 Å². The number of carbonyl (C=O) groups is 1. The second kappa shape index (κ2) is 8.59. The maximum absolute atomic E-state index is 13.9. The van der Waals surface area contributed by atoms with E-state index in [1.807, 2.05) is 20.2 Å². The number of carbonyl (C=O) groups excluding carboxylic acids is 1. The lowest BCUT2D eigenvalue weighted by atomic mass is 10.1. The molecule has 0 aromatic carbocycles. The Bertz CT molecular complexity index is 500. The van der Waals surface area contributed by atoms with Crippen molar-refractivity contribution in [1.82, 2.24) is 19.8 Å². The first-order chi connectivity index (χ1) is 11.0. The van der Waals surface area contributed by atoms with Gasteiger partial charge in [0, 0.05) is 50.7 Å². The number of aromatic nitrogens is 2. The van der Waals surface area contributed by atoms with E-state index in [4.69, 9.17) is 0 Å². The van der Waals surface area contributed by atoms with E-state index in [1.54, 1.807) is 29.1 Å². The number of thioether (sulfide) groups is 1. The molecule has 3 atom stereocenters. The molecule has 1 saturated heterocycles. The van der Waals surface area contributed by atoms with Crippen LogP contribution < -0.4 is 0 Å². The minimum Gasteiger partial charge on any atom is -0.343 e. The van der Waals surface area contributed by atoms with E-state index in [9.17, 15) is 9.18 Å². The summed E-state index contributed by atoms with van der Waals surface area (Å²) in [6.07, 6.45) is 7.40. The van der Waals surface area contributed by atoms with Gasteiger partial charge in [-0.3, -0.25) is 9.69 Å². The summed E-state index contributed by atoms with van der Waals surface area (Å²) in [7, 11) is 1.82. The molecule has 7 heteroatoms. The highest BCUT2D eigenvalue weighted by molar-refractivity contribution is 7.99. The van der Waals surface area contributed by atoms with Gasteiger partial charge in [-0.15, -0.1) is 0 Å². The van der Waals surface area contributed by atoms with E-state index in [-0.39, 0.29) is 17.2 Å². The van der Waals surface area contributed by atoms with E-state index in [1.165, 1.54) is 6.33 Å². The fourth-order valence-electron chi connectivity index (χ4n) is 3.05. The van der Waals surface area contributed by atoms with Crippen LogP contribution in [0.2, 0.25) is 0 Å². The van der Waals surface area contributed by atoms with Gasteiger partial charge in [-0.1, -0.05) is 6.92 Å². The first-order valence-electron chi connectivity index (χ1n) is 7.94. The second-order valence-electron chi connectivity index (χ2n) is 6.01. The molecule has 1 aromatic rings. The van der Waals surface area contributed by atoms with Gasteiger partial charge >= 0.3 is 0 Å². The van der Waals surface area contributed by atoms with E-state index in [0.717, 1.165) is 12.0 Å². The average molecular weight is 340 g/mol. The first-order valence-corrected chi connectivity index (χ1v) is 9.23. The number of likely N-dealkylation sites (N-methyl/N-ethyl adjacent to an activating group) is 1. The van der Waals surface area contributed by atoms with Crippen molar-refractivity contribution in [3.63, 3.8) is 0 Å². The van der Waals surface area contributed by atoms with E-state index in [2.05, 4.69) is 14.9 Å². The van der Waals surface area contributed by atoms with Crippen molar-refractivity contribution in [2.75, 3.05) is 26.4 Å². The molecule has 2 heterocycles. The van der Waals surface area contributed by atoms with Crippen molar-refractivity contribution in [3.05, 3.63) is 24.3 Å². The summed E-state index contributed by atoms with van der Waals surface area (Å²) in [6, 6.07) is 0.0403. The largest absolute Gasteiger partial charge is 0.343 e. The van der Waals surface area contributed by atoms with Crippen LogP contribution in [-0.4, -0.2) is 69.5 Å². The normalized spacial score (nSPS) is 23.0. The van der Waals surface area contributed by atoms with Crippen LogP contribution in [0.1, 0.15) is 25.3 Å².